The van der Waals surface area contributed by atoms with Gasteiger partial charge in [0, 0.05) is 0 Å². The average molecular weight is 394 g/mol. The van der Waals surface area contributed by atoms with E-state index in [0.717, 1.165) is 0 Å². The molecule has 0 amide bonds. The Bertz CT molecular complexity index is 95.3. The van der Waals surface area contributed by atoms with E-state index in [2.05, 4.69) is 27.7 Å². The standard InChI is InChI=1S/2C8H19Ge.H2O/c2*1-3-5-7-9-8-6-4-2;/h2*9H,3-8H2,1-2H3;1H2. The van der Waals surface area contributed by atoms with E-state index in [0.29, 0.717) is 0 Å². The molecule has 0 fully saturated rings. The third-order valence-electron chi connectivity index (χ3n) is 3.05. The summed E-state index contributed by atoms with van der Waals surface area (Å²) in [5.74, 6) is 0. The van der Waals surface area contributed by atoms with Crippen molar-refractivity contribution in [3.8, 4) is 0 Å². The van der Waals surface area contributed by atoms with Gasteiger partial charge in [-0.05, 0) is 0 Å². The zero-order valence-electron chi connectivity index (χ0n) is 14.1. The van der Waals surface area contributed by atoms with Gasteiger partial charge in [-0.2, -0.15) is 0 Å². The number of hydrogen-bond donors (Lipinski definition) is 0. The van der Waals surface area contributed by atoms with Crippen LogP contribution < -0.4 is 0 Å². The molecule has 19 heavy (non-hydrogen) atoms. The fourth-order valence-electron chi connectivity index (χ4n) is 1.68. The first kappa shape index (κ1) is 25.0. The molecule has 118 valence electrons. The second kappa shape index (κ2) is 27.4. The quantitative estimate of drug-likeness (QED) is 0.334. The van der Waals surface area contributed by atoms with E-state index in [1.807, 2.05) is 0 Å². The summed E-state index contributed by atoms with van der Waals surface area (Å²) >= 11 is 0.511. The van der Waals surface area contributed by atoms with Crippen molar-refractivity contribution in [1.29, 1.82) is 0 Å². The van der Waals surface area contributed by atoms with Crippen LogP contribution in [0.25, 0.3) is 0 Å². The van der Waals surface area contributed by atoms with Crippen LogP contribution in [0.2, 0.25) is 21.0 Å². The summed E-state index contributed by atoms with van der Waals surface area (Å²) in [4.78, 5) is 0. The molecule has 0 atom stereocenters. The van der Waals surface area contributed by atoms with Crippen molar-refractivity contribution in [2.45, 2.75) is 100 Å². The van der Waals surface area contributed by atoms with Gasteiger partial charge in [0.25, 0.3) is 0 Å². The van der Waals surface area contributed by atoms with Crippen molar-refractivity contribution >= 4 is 30.9 Å². The Hall–Kier alpha value is 1.05. The Morgan fingerprint density at radius 3 is 0.842 bits per heavy atom. The van der Waals surface area contributed by atoms with Gasteiger partial charge < -0.3 is 5.48 Å². The van der Waals surface area contributed by atoms with E-state index < -0.39 is 0 Å². The second-order valence-electron chi connectivity index (χ2n) is 5.15. The summed E-state index contributed by atoms with van der Waals surface area (Å²) in [5.41, 5.74) is 0. The van der Waals surface area contributed by atoms with Crippen molar-refractivity contribution in [3.63, 3.8) is 0 Å². The maximum absolute atomic E-state index is 2.29. The van der Waals surface area contributed by atoms with Crippen molar-refractivity contribution in [2.24, 2.45) is 0 Å². The van der Waals surface area contributed by atoms with Crippen molar-refractivity contribution in [1.82, 2.24) is 0 Å². The minimum Gasteiger partial charge on any atom is -0.412 e. The molecule has 2 radical (unpaired) electrons. The first-order valence-electron chi connectivity index (χ1n) is 8.46. The van der Waals surface area contributed by atoms with Crippen LogP contribution >= 0.6 is 0 Å². The van der Waals surface area contributed by atoms with E-state index in [-0.39, 0.29) is 36.3 Å². The van der Waals surface area contributed by atoms with Crippen LogP contribution in [0, 0.1) is 0 Å². The van der Waals surface area contributed by atoms with Gasteiger partial charge in [-0.25, -0.2) is 0 Å². The van der Waals surface area contributed by atoms with Gasteiger partial charge in [-0.3, -0.25) is 0 Å². The monoisotopic (exact) mass is 396 g/mol. The van der Waals surface area contributed by atoms with Crippen LogP contribution in [-0.4, -0.2) is 36.3 Å². The molecule has 0 unspecified atom stereocenters. The Labute approximate surface area is 136 Å². The van der Waals surface area contributed by atoms with Crippen LogP contribution in [0.3, 0.4) is 0 Å². The van der Waals surface area contributed by atoms with Gasteiger partial charge in [-0.1, -0.05) is 0 Å². The smallest absolute Gasteiger partial charge is 0.412 e. The largest absolute Gasteiger partial charge is 0.412 e. The molecular formula is C16H40Ge2O. The molecular weight excluding hydrogens is 353 g/mol. The van der Waals surface area contributed by atoms with Gasteiger partial charge >= 0.3 is 131 Å². The normalized spacial score (nSPS) is 9.47. The van der Waals surface area contributed by atoms with Crippen LogP contribution in [0.4, 0.5) is 0 Å². The molecule has 0 spiro atoms. The van der Waals surface area contributed by atoms with E-state index in [9.17, 15) is 0 Å². The topological polar surface area (TPSA) is 31.5 Å². The summed E-state index contributed by atoms with van der Waals surface area (Å²) in [6, 6.07) is 0. The van der Waals surface area contributed by atoms with Crippen LogP contribution in [0.1, 0.15) is 79.1 Å². The molecule has 0 aromatic heterocycles. The zero-order valence-corrected chi connectivity index (χ0v) is 19.0. The van der Waals surface area contributed by atoms with Crippen LogP contribution in [0.5, 0.6) is 0 Å². The Balaban J connectivity index is -0.000000256. The van der Waals surface area contributed by atoms with Crippen LogP contribution in [0.15, 0.2) is 0 Å². The fourth-order valence-corrected chi connectivity index (χ4v) is 8.74. The summed E-state index contributed by atoms with van der Waals surface area (Å²) in [6.45, 7) is 9.15. The first-order valence-corrected chi connectivity index (χ1v) is 15.3. The molecule has 2 N–H and O–H groups in total. The number of hydrogen-bond acceptors (Lipinski definition) is 0. The molecule has 0 aliphatic rings. The van der Waals surface area contributed by atoms with Gasteiger partial charge in [0.05, 0.1) is 0 Å². The first-order chi connectivity index (χ1) is 8.83. The predicted octanol–water partition coefficient (Wildman–Crippen LogP) is 4.89. The van der Waals surface area contributed by atoms with Crippen molar-refractivity contribution in [3.05, 3.63) is 0 Å². The van der Waals surface area contributed by atoms with Gasteiger partial charge in [0.2, 0.25) is 0 Å². The minimum atomic E-state index is 0. The SMILES string of the molecule is CCC[CH2][GeH][CH2]CCC.CCC[CH2][GeH][CH2]CCC.O. The van der Waals surface area contributed by atoms with E-state index >= 15 is 0 Å². The average Bonchev–Trinajstić information content (AvgIpc) is 2.39. The molecule has 0 aliphatic heterocycles. The maximum atomic E-state index is 2.29. The third kappa shape index (κ3) is 32.5. The zero-order chi connectivity index (χ0) is 13.9. The maximum Gasteiger partial charge on any atom is -0.412 e. The molecule has 0 aliphatic carbocycles. The third-order valence-corrected chi connectivity index (χ3v) is 9.90. The molecule has 1 nitrogen and oxygen atoms in total. The Morgan fingerprint density at radius 1 is 0.474 bits per heavy atom. The molecule has 0 bridgehead atoms. The Kier molecular flexibility index (Phi) is 36.1. The van der Waals surface area contributed by atoms with Crippen molar-refractivity contribution in [2.75, 3.05) is 0 Å². The van der Waals surface area contributed by atoms with Gasteiger partial charge in [0.1, 0.15) is 0 Å². The van der Waals surface area contributed by atoms with Gasteiger partial charge in [-0.15, -0.1) is 0 Å². The molecule has 0 saturated carbocycles. The van der Waals surface area contributed by atoms with E-state index in [1.165, 1.54) is 51.4 Å². The second-order valence-corrected chi connectivity index (χ2v) is 12.4. The summed E-state index contributed by atoms with van der Waals surface area (Å²) in [5, 5.41) is 6.44. The molecule has 0 aromatic rings. The molecule has 3 heteroatoms. The van der Waals surface area contributed by atoms with Crippen LogP contribution in [-0.2, 0) is 0 Å². The van der Waals surface area contributed by atoms with Gasteiger partial charge in [0.15, 0.2) is 0 Å². The van der Waals surface area contributed by atoms with E-state index in [1.54, 1.807) is 21.0 Å². The fraction of sp³-hybridized carbons (Fsp3) is 1.00. The number of unbranched alkanes of at least 4 members (excludes halogenated alkanes) is 4. The predicted molar refractivity (Wildman–Crippen MR) is 96.8 cm³/mol. The summed E-state index contributed by atoms with van der Waals surface area (Å²) in [7, 11) is 0. The van der Waals surface area contributed by atoms with Crippen molar-refractivity contribution < 1.29 is 5.48 Å². The minimum absolute atomic E-state index is 0. The van der Waals surface area contributed by atoms with E-state index in [4.69, 9.17) is 0 Å². The molecule has 0 saturated heterocycles. The molecule has 0 rings (SSSR count). The summed E-state index contributed by atoms with van der Waals surface area (Å²) in [6.07, 6.45) is 11.6. The molecule has 0 aromatic carbocycles. The Morgan fingerprint density at radius 2 is 0.684 bits per heavy atom. The summed E-state index contributed by atoms with van der Waals surface area (Å²) < 4.78 is 0. The molecule has 0 heterocycles. The number of rotatable bonds is 12.